The minimum absolute atomic E-state index is 0.0949. The topological polar surface area (TPSA) is 101 Å². The van der Waals surface area contributed by atoms with E-state index in [4.69, 9.17) is 5.73 Å². The van der Waals surface area contributed by atoms with E-state index in [1.165, 1.54) is 34.5 Å². The summed E-state index contributed by atoms with van der Waals surface area (Å²) in [5, 5.41) is 19.3. The zero-order valence-electron chi connectivity index (χ0n) is 10.4. The Kier molecular flexibility index (Phi) is 3.39. The van der Waals surface area contributed by atoms with E-state index >= 15 is 0 Å². The van der Waals surface area contributed by atoms with Crippen molar-refractivity contribution in [1.29, 1.82) is 0 Å². The van der Waals surface area contributed by atoms with Crippen LogP contribution in [0.15, 0.2) is 28.2 Å². The molecule has 0 spiro atoms. The third-order valence-electron chi connectivity index (χ3n) is 2.72. The van der Waals surface area contributed by atoms with Gasteiger partial charge in [-0.2, -0.15) is 0 Å². The molecule has 100 valence electrons. The Morgan fingerprint density at radius 1 is 1.32 bits per heavy atom. The van der Waals surface area contributed by atoms with E-state index < -0.39 is 0 Å². The van der Waals surface area contributed by atoms with Gasteiger partial charge in [-0.1, -0.05) is 17.8 Å². The number of rotatable bonds is 2. The molecule has 7 heteroatoms. The van der Waals surface area contributed by atoms with Crippen molar-refractivity contribution < 1.29 is 10.2 Å². The second-order valence-electron chi connectivity index (χ2n) is 3.93. The van der Waals surface area contributed by atoms with Crippen LogP contribution < -0.4 is 11.3 Å². The van der Waals surface area contributed by atoms with Crippen LogP contribution in [0.3, 0.4) is 0 Å². The molecule has 0 aliphatic carbocycles. The van der Waals surface area contributed by atoms with Crippen molar-refractivity contribution in [3.05, 3.63) is 28.6 Å². The first kappa shape index (κ1) is 13.3. The van der Waals surface area contributed by atoms with Gasteiger partial charge in [-0.15, -0.1) is 0 Å². The maximum absolute atomic E-state index is 12.3. The Morgan fingerprint density at radius 3 is 2.58 bits per heavy atom. The van der Waals surface area contributed by atoms with E-state index in [-0.39, 0.29) is 28.4 Å². The first-order chi connectivity index (χ1) is 8.95. The second kappa shape index (κ2) is 4.85. The van der Waals surface area contributed by atoms with Crippen LogP contribution in [0.4, 0.5) is 5.82 Å². The second-order valence-corrected chi connectivity index (χ2v) is 4.70. The maximum atomic E-state index is 12.3. The molecular weight excluding hydrogens is 266 g/mol. The minimum Gasteiger partial charge on any atom is -0.504 e. The van der Waals surface area contributed by atoms with Crippen LogP contribution in [-0.2, 0) is 7.05 Å². The molecule has 0 unspecified atom stereocenters. The van der Waals surface area contributed by atoms with Crippen LogP contribution >= 0.6 is 11.8 Å². The molecule has 0 saturated carbocycles. The number of thioether (sulfide) groups is 1. The number of nitrogen functional groups attached to an aromatic ring is 1. The van der Waals surface area contributed by atoms with Crippen molar-refractivity contribution in [2.75, 3.05) is 12.0 Å². The van der Waals surface area contributed by atoms with Gasteiger partial charge in [-0.3, -0.25) is 9.36 Å². The summed E-state index contributed by atoms with van der Waals surface area (Å²) >= 11 is 1.32. The summed E-state index contributed by atoms with van der Waals surface area (Å²) in [6, 6.07) is 4.08. The molecule has 2 aromatic rings. The smallest absolute Gasteiger partial charge is 0.263 e. The summed E-state index contributed by atoms with van der Waals surface area (Å²) in [6.07, 6.45) is 1.80. The summed E-state index contributed by atoms with van der Waals surface area (Å²) in [5.41, 5.74) is 6.12. The SMILES string of the molecule is CSc1nc(N)c(-c2ccc(O)c(O)c2)c(=O)n1C. The Hall–Kier alpha value is -2.15. The van der Waals surface area contributed by atoms with Crippen molar-refractivity contribution in [2.24, 2.45) is 7.05 Å². The molecule has 0 aliphatic heterocycles. The molecule has 6 nitrogen and oxygen atoms in total. The molecule has 4 N–H and O–H groups in total. The molecule has 0 saturated heterocycles. The normalized spacial score (nSPS) is 10.6. The Morgan fingerprint density at radius 2 is 2.00 bits per heavy atom. The van der Waals surface area contributed by atoms with Gasteiger partial charge in [-0.05, 0) is 24.0 Å². The Bertz CT molecular complexity index is 697. The van der Waals surface area contributed by atoms with E-state index in [0.717, 1.165) is 0 Å². The number of anilines is 1. The molecule has 2 rings (SSSR count). The fourth-order valence-corrected chi connectivity index (χ4v) is 2.28. The van der Waals surface area contributed by atoms with Gasteiger partial charge in [0.25, 0.3) is 5.56 Å². The molecule has 0 bridgehead atoms. The van der Waals surface area contributed by atoms with Crippen molar-refractivity contribution in [1.82, 2.24) is 9.55 Å². The van der Waals surface area contributed by atoms with E-state index in [1.807, 2.05) is 0 Å². The number of nitrogens with zero attached hydrogens (tertiary/aromatic N) is 2. The predicted octanol–water partition coefficient (Wildman–Crippen LogP) is 1.16. The summed E-state index contributed by atoms with van der Waals surface area (Å²) in [6.45, 7) is 0. The van der Waals surface area contributed by atoms with E-state index in [0.29, 0.717) is 10.7 Å². The highest BCUT2D eigenvalue weighted by Crippen LogP contribution is 2.31. The van der Waals surface area contributed by atoms with Crippen LogP contribution in [0.25, 0.3) is 11.1 Å². The first-order valence-corrected chi connectivity index (χ1v) is 6.61. The lowest BCUT2D eigenvalue weighted by Gasteiger charge is -2.10. The lowest BCUT2D eigenvalue weighted by molar-refractivity contribution is 0.404. The lowest BCUT2D eigenvalue weighted by atomic mass is 10.1. The average Bonchev–Trinajstić information content (AvgIpc) is 2.38. The molecule has 0 aliphatic rings. The van der Waals surface area contributed by atoms with Gasteiger partial charge >= 0.3 is 0 Å². The van der Waals surface area contributed by atoms with Gasteiger partial charge in [0, 0.05) is 7.05 Å². The first-order valence-electron chi connectivity index (χ1n) is 5.38. The molecule has 0 atom stereocenters. The standard InChI is InChI=1S/C12H13N3O3S/c1-15-11(18)9(10(13)14-12(15)19-2)6-3-4-7(16)8(17)5-6/h3-5,16-17H,13H2,1-2H3. The van der Waals surface area contributed by atoms with Gasteiger partial charge in [0.05, 0.1) is 5.56 Å². The van der Waals surface area contributed by atoms with E-state index in [2.05, 4.69) is 4.98 Å². The minimum atomic E-state index is -0.312. The molecule has 0 amide bonds. The third-order valence-corrected chi connectivity index (χ3v) is 3.45. The van der Waals surface area contributed by atoms with E-state index in [1.54, 1.807) is 13.3 Å². The van der Waals surface area contributed by atoms with Crippen LogP contribution in [0.5, 0.6) is 11.5 Å². The fraction of sp³-hybridized carbons (Fsp3) is 0.167. The molecular formula is C12H13N3O3S. The number of phenols is 2. The van der Waals surface area contributed by atoms with Gasteiger partial charge in [-0.25, -0.2) is 4.98 Å². The van der Waals surface area contributed by atoms with Gasteiger partial charge in [0.15, 0.2) is 16.7 Å². The van der Waals surface area contributed by atoms with Gasteiger partial charge in [0.2, 0.25) is 0 Å². The van der Waals surface area contributed by atoms with Crippen LogP contribution in [-0.4, -0.2) is 26.0 Å². The summed E-state index contributed by atoms with van der Waals surface area (Å²) < 4.78 is 1.39. The Labute approximate surface area is 113 Å². The predicted molar refractivity (Wildman–Crippen MR) is 74.4 cm³/mol. The molecule has 0 radical (unpaired) electrons. The largest absolute Gasteiger partial charge is 0.504 e. The van der Waals surface area contributed by atoms with E-state index in [9.17, 15) is 15.0 Å². The van der Waals surface area contributed by atoms with Gasteiger partial charge < -0.3 is 15.9 Å². The van der Waals surface area contributed by atoms with Crippen LogP contribution in [0, 0.1) is 0 Å². The van der Waals surface area contributed by atoms with Gasteiger partial charge in [0.1, 0.15) is 5.82 Å². The summed E-state index contributed by atoms with van der Waals surface area (Å²) in [5.74, 6) is -0.474. The number of benzene rings is 1. The molecule has 19 heavy (non-hydrogen) atoms. The number of hydrogen-bond acceptors (Lipinski definition) is 6. The van der Waals surface area contributed by atoms with Crippen LogP contribution in [0.2, 0.25) is 0 Å². The van der Waals surface area contributed by atoms with Crippen LogP contribution in [0.1, 0.15) is 0 Å². The fourth-order valence-electron chi connectivity index (χ4n) is 1.73. The molecule has 0 fully saturated rings. The Balaban J connectivity index is 2.72. The summed E-state index contributed by atoms with van der Waals surface area (Å²) in [7, 11) is 1.60. The highest BCUT2D eigenvalue weighted by atomic mass is 32.2. The molecule has 1 heterocycles. The maximum Gasteiger partial charge on any atom is 0.263 e. The zero-order chi connectivity index (χ0) is 14.2. The number of phenolic OH excluding ortho intramolecular Hbond substituents is 2. The molecule has 1 aromatic heterocycles. The quantitative estimate of drug-likeness (QED) is 0.433. The number of aromatic hydroxyl groups is 2. The van der Waals surface area contributed by atoms with Crippen molar-refractivity contribution in [3.63, 3.8) is 0 Å². The van der Waals surface area contributed by atoms with Crippen molar-refractivity contribution >= 4 is 17.6 Å². The lowest BCUT2D eigenvalue weighted by Crippen LogP contribution is -2.23. The summed E-state index contributed by atoms with van der Waals surface area (Å²) in [4.78, 5) is 16.4. The molecule has 1 aromatic carbocycles. The number of hydrogen-bond donors (Lipinski definition) is 3. The highest BCUT2D eigenvalue weighted by molar-refractivity contribution is 7.98. The number of aromatic nitrogens is 2. The average molecular weight is 279 g/mol. The zero-order valence-corrected chi connectivity index (χ0v) is 11.2. The highest BCUT2D eigenvalue weighted by Gasteiger charge is 2.15. The third kappa shape index (κ3) is 2.24. The van der Waals surface area contributed by atoms with Crippen molar-refractivity contribution in [3.8, 4) is 22.6 Å². The monoisotopic (exact) mass is 279 g/mol. The number of nitrogens with two attached hydrogens (primary N) is 1. The van der Waals surface area contributed by atoms with Crippen molar-refractivity contribution in [2.45, 2.75) is 5.16 Å².